The molecule has 0 saturated carbocycles. The summed E-state index contributed by atoms with van der Waals surface area (Å²) in [5.41, 5.74) is 4.91. The molecule has 0 aliphatic carbocycles. The third kappa shape index (κ3) is 3.46. The van der Waals surface area contributed by atoms with Crippen LogP contribution in [-0.4, -0.2) is 61.7 Å². The van der Waals surface area contributed by atoms with Crippen molar-refractivity contribution in [3.05, 3.63) is 52.2 Å². The van der Waals surface area contributed by atoms with Gasteiger partial charge < -0.3 is 9.88 Å². The summed E-state index contributed by atoms with van der Waals surface area (Å²) in [5.74, 6) is 0.468. The first-order valence-corrected chi connectivity index (χ1v) is 10.8. The van der Waals surface area contributed by atoms with E-state index in [4.69, 9.17) is 4.98 Å². The van der Waals surface area contributed by atoms with Crippen LogP contribution < -0.4 is 10.5 Å². The fraction of sp³-hybridized carbons (Fsp3) is 0.391. The highest BCUT2D eigenvalue weighted by Gasteiger charge is 2.23. The summed E-state index contributed by atoms with van der Waals surface area (Å²) < 4.78 is 1.79. The Labute approximate surface area is 180 Å². The summed E-state index contributed by atoms with van der Waals surface area (Å²) in [6, 6.07) is 8.28. The molecule has 31 heavy (non-hydrogen) atoms. The van der Waals surface area contributed by atoms with Crippen molar-refractivity contribution in [2.45, 2.75) is 33.7 Å². The minimum atomic E-state index is -0.148. The number of aromatic nitrogens is 5. The number of aromatic amines is 1. The zero-order chi connectivity index (χ0) is 21.7. The Bertz CT molecular complexity index is 1340. The second-order valence-corrected chi connectivity index (χ2v) is 8.38. The molecule has 1 fully saturated rings. The summed E-state index contributed by atoms with van der Waals surface area (Å²) >= 11 is 0. The maximum absolute atomic E-state index is 13.0. The van der Waals surface area contributed by atoms with Gasteiger partial charge in [-0.05, 0) is 51.6 Å². The SMILES string of the molecule is CCN1CCN(c2ccc3nc(-c4cc5c(C)nc(C)cn5n4)[nH]c(=O)c3c2)C(C)C1. The predicted molar refractivity (Wildman–Crippen MR) is 123 cm³/mol. The number of fused-ring (bicyclic) bond motifs is 2. The van der Waals surface area contributed by atoms with Crippen LogP contribution in [0.4, 0.5) is 5.69 Å². The van der Waals surface area contributed by atoms with Crippen LogP contribution in [0.1, 0.15) is 25.2 Å². The molecule has 1 aliphatic rings. The molecule has 1 aromatic carbocycles. The van der Waals surface area contributed by atoms with Gasteiger partial charge in [-0.3, -0.25) is 14.7 Å². The molecule has 4 aromatic rings. The van der Waals surface area contributed by atoms with Gasteiger partial charge in [-0.15, -0.1) is 0 Å². The van der Waals surface area contributed by atoms with Crippen molar-refractivity contribution in [1.82, 2.24) is 29.5 Å². The molecule has 1 N–H and O–H groups in total. The first-order valence-electron chi connectivity index (χ1n) is 10.8. The van der Waals surface area contributed by atoms with Crippen molar-refractivity contribution >= 4 is 22.1 Å². The zero-order valence-electron chi connectivity index (χ0n) is 18.4. The van der Waals surface area contributed by atoms with Gasteiger partial charge in [0.15, 0.2) is 5.82 Å². The van der Waals surface area contributed by atoms with Crippen molar-refractivity contribution in [1.29, 1.82) is 0 Å². The molecule has 1 saturated heterocycles. The molecular formula is C23H27N7O. The monoisotopic (exact) mass is 417 g/mol. The number of rotatable bonds is 3. The fourth-order valence-electron chi connectivity index (χ4n) is 4.54. The quantitative estimate of drug-likeness (QED) is 0.552. The molecule has 1 aliphatic heterocycles. The van der Waals surface area contributed by atoms with Gasteiger partial charge in [0.1, 0.15) is 5.69 Å². The third-order valence-corrected chi connectivity index (χ3v) is 6.18. The van der Waals surface area contributed by atoms with Crippen molar-refractivity contribution < 1.29 is 0 Å². The lowest BCUT2D eigenvalue weighted by atomic mass is 10.1. The zero-order valence-corrected chi connectivity index (χ0v) is 18.4. The van der Waals surface area contributed by atoms with Crippen LogP contribution in [0.25, 0.3) is 27.9 Å². The summed E-state index contributed by atoms with van der Waals surface area (Å²) in [7, 11) is 0. The Balaban J connectivity index is 1.53. The second kappa shape index (κ2) is 7.46. The Kier molecular flexibility index (Phi) is 4.74. The smallest absolute Gasteiger partial charge is 0.259 e. The van der Waals surface area contributed by atoms with Gasteiger partial charge in [0.05, 0.1) is 34.0 Å². The largest absolute Gasteiger partial charge is 0.366 e. The molecule has 0 amide bonds. The number of aryl methyl sites for hydroxylation is 2. The average molecular weight is 418 g/mol. The number of likely N-dealkylation sites (N-methyl/N-ethyl adjacent to an activating group) is 1. The van der Waals surface area contributed by atoms with Crippen LogP contribution in [0.5, 0.6) is 0 Å². The van der Waals surface area contributed by atoms with Crippen molar-refractivity contribution in [2.24, 2.45) is 0 Å². The maximum Gasteiger partial charge on any atom is 0.259 e. The molecule has 160 valence electrons. The Hall–Kier alpha value is -3.26. The van der Waals surface area contributed by atoms with Gasteiger partial charge in [0.2, 0.25) is 0 Å². The van der Waals surface area contributed by atoms with Crippen LogP contribution >= 0.6 is 0 Å². The van der Waals surface area contributed by atoms with E-state index < -0.39 is 0 Å². The van der Waals surface area contributed by atoms with Crippen LogP contribution in [-0.2, 0) is 0 Å². The highest BCUT2D eigenvalue weighted by Crippen LogP contribution is 2.25. The van der Waals surface area contributed by atoms with E-state index in [1.54, 1.807) is 4.52 Å². The van der Waals surface area contributed by atoms with Crippen molar-refractivity contribution in [3.63, 3.8) is 0 Å². The normalized spacial score (nSPS) is 17.7. The molecule has 8 nitrogen and oxygen atoms in total. The number of hydrogen-bond acceptors (Lipinski definition) is 6. The molecular weight excluding hydrogens is 390 g/mol. The van der Waals surface area contributed by atoms with Crippen LogP contribution in [0.15, 0.2) is 35.3 Å². The summed E-state index contributed by atoms with van der Waals surface area (Å²) in [4.78, 5) is 29.9. The molecule has 1 atom stereocenters. The Morgan fingerprint density at radius 2 is 2.00 bits per heavy atom. The molecule has 3 aromatic heterocycles. The molecule has 0 spiro atoms. The van der Waals surface area contributed by atoms with Crippen molar-refractivity contribution in [3.8, 4) is 11.5 Å². The van der Waals surface area contributed by atoms with E-state index >= 15 is 0 Å². The first kappa shape index (κ1) is 19.7. The Morgan fingerprint density at radius 1 is 1.16 bits per heavy atom. The van der Waals surface area contributed by atoms with Gasteiger partial charge in [0.25, 0.3) is 5.56 Å². The van der Waals surface area contributed by atoms with E-state index in [9.17, 15) is 4.79 Å². The lowest BCUT2D eigenvalue weighted by Gasteiger charge is -2.41. The van der Waals surface area contributed by atoms with Gasteiger partial charge in [-0.25, -0.2) is 9.50 Å². The second-order valence-electron chi connectivity index (χ2n) is 8.38. The molecule has 8 heteroatoms. The molecule has 0 bridgehead atoms. The van der Waals surface area contributed by atoms with E-state index in [1.165, 1.54) is 0 Å². The van der Waals surface area contributed by atoms with Gasteiger partial charge in [0, 0.05) is 31.4 Å². The summed E-state index contributed by atoms with van der Waals surface area (Å²) in [5, 5.41) is 5.20. The number of anilines is 1. The molecule has 1 unspecified atom stereocenters. The number of nitrogens with zero attached hydrogens (tertiary/aromatic N) is 6. The highest BCUT2D eigenvalue weighted by atomic mass is 16.1. The lowest BCUT2D eigenvalue weighted by Crippen LogP contribution is -2.51. The molecule has 4 heterocycles. The topological polar surface area (TPSA) is 82.4 Å². The Morgan fingerprint density at radius 3 is 2.77 bits per heavy atom. The lowest BCUT2D eigenvalue weighted by molar-refractivity contribution is 0.240. The van der Waals surface area contributed by atoms with Crippen LogP contribution in [0, 0.1) is 13.8 Å². The van der Waals surface area contributed by atoms with Crippen molar-refractivity contribution in [2.75, 3.05) is 31.1 Å². The van der Waals surface area contributed by atoms with E-state index in [-0.39, 0.29) is 5.56 Å². The van der Waals surface area contributed by atoms with Gasteiger partial charge in [-0.1, -0.05) is 6.92 Å². The van der Waals surface area contributed by atoms with E-state index in [1.807, 2.05) is 38.2 Å². The third-order valence-electron chi connectivity index (χ3n) is 6.18. The average Bonchev–Trinajstić information content (AvgIpc) is 3.18. The summed E-state index contributed by atoms with van der Waals surface area (Å²) in [6.45, 7) is 12.4. The number of nitrogens with one attached hydrogen (secondary N) is 1. The molecule has 5 rings (SSSR count). The van der Waals surface area contributed by atoms with Crippen LogP contribution in [0.3, 0.4) is 0 Å². The van der Waals surface area contributed by atoms with Crippen LogP contribution in [0.2, 0.25) is 0 Å². The fourth-order valence-corrected chi connectivity index (χ4v) is 4.54. The van der Waals surface area contributed by atoms with E-state index in [2.05, 4.69) is 44.8 Å². The number of benzene rings is 1. The number of hydrogen-bond donors (Lipinski definition) is 1. The standard InChI is InChI=1S/C23H27N7O/c1-5-28-8-9-29(15(3)13-28)17-6-7-19-18(10-17)23(31)26-22(25-19)20-11-21-16(4)24-14(2)12-30(21)27-20/h6-7,10-12,15H,5,8-9,13H2,1-4H3,(H,25,26,31). The minimum absolute atomic E-state index is 0.148. The predicted octanol–water partition coefficient (Wildman–Crippen LogP) is 2.78. The van der Waals surface area contributed by atoms with E-state index in [0.717, 1.165) is 48.8 Å². The van der Waals surface area contributed by atoms with E-state index in [0.29, 0.717) is 28.5 Å². The van der Waals surface area contributed by atoms with Gasteiger partial charge >= 0.3 is 0 Å². The summed E-state index contributed by atoms with van der Waals surface area (Å²) in [6.07, 6.45) is 1.87. The maximum atomic E-state index is 13.0. The first-order chi connectivity index (χ1) is 14.9. The minimum Gasteiger partial charge on any atom is -0.366 e. The number of H-pyrrole nitrogens is 1. The number of piperazine rings is 1. The van der Waals surface area contributed by atoms with Gasteiger partial charge in [-0.2, -0.15) is 5.10 Å². The molecule has 0 radical (unpaired) electrons. The highest BCUT2D eigenvalue weighted by molar-refractivity contribution is 5.83.